The summed E-state index contributed by atoms with van der Waals surface area (Å²) in [5.41, 5.74) is 2.21. The number of hydrogen-bond donors (Lipinski definition) is 1. The number of aryl methyl sites for hydroxylation is 1. The zero-order chi connectivity index (χ0) is 15.1. The third-order valence-corrected chi connectivity index (χ3v) is 3.54. The summed E-state index contributed by atoms with van der Waals surface area (Å²) in [4.78, 5) is 25.9. The second kappa shape index (κ2) is 7.68. The van der Waals surface area contributed by atoms with Gasteiger partial charge in [-0.3, -0.25) is 9.59 Å². The van der Waals surface area contributed by atoms with Gasteiger partial charge in [0.15, 0.2) is 0 Å². The standard InChI is InChI=1S/C16H24N2O2/c1-5-14(16(20)17-4)18(15(19)6-2)11-13-10-8-7-9-12(13)3/h7-10,14H,5-6,11H2,1-4H3,(H,17,20)/t14-/m0/s1. The van der Waals surface area contributed by atoms with Crippen LogP contribution < -0.4 is 5.32 Å². The Bertz CT molecular complexity index is 471. The van der Waals surface area contributed by atoms with E-state index in [-0.39, 0.29) is 11.8 Å². The van der Waals surface area contributed by atoms with Gasteiger partial charge in [-0.05, 0) is 24.5 Å². The molecule has 0 aliphatic heterocycles. The highest BCUT2D eigenvalue weighted by Gasteiger charge is 2.27. The highest BCUT2D eigenvalue weighted by Crippen LogP contribution is 2.15. The summed E-state index contributed by atoms with van der Waals surface area (Å²) < 4.78 is 0. The first-order chi connectivity index (χ1) is 9.54. The van der Waals surface area contributed by atoms with Crippen LogP contribution in [0.3, 0.4) is 0 Å². The van der Waals surface area contributed by atoms with Gasteiger partial charge < -0.3 is 10.2 Å². The van der Waals surface area contributed by atoms with Crippen LogP contribution in [0.5, 0.6) is 0 Å². The van der Waals surface area contributed by atoms with E-state index in [4.69, 9.17) is 0 Å². The molecule has 2 amide bonds. The van der Waals surface area contributed by atoms with Crippen molar-refractivity contribution in [3.63, 3.8) is 0 Å². The second-order valence-corrected chi connectivity index (χ2v) is 4.84. The molecule has 4 nitrogen and oxygen atoms in total. The van der Waals surface area contributed by atoms with Crippen LogP contribution in [-0.4, -0.2) is 29.8 Å². The van der Waals surface area contributed by atoms with Crippen molar-refractivity contribution in [2.45, 2.75) is 46.2 Å². The molecule has 1 atom stereocenters. The Morgan fingerprint density at radius 1 is 1.25 bits per heavy atom. The van der Waals surface area contributed by atoms with Crippen LogP contribution in [0.4, 0.5) is 0 Å². The topological polar surface area (TPSA) is 49.4 Å². The normalized spacial score (nSPS) is 11.8. The number of benzene rings is 1. The summed E-state index contributed by atoms with van der Waals surface area (Å²) in [6, 6.07) is 7.54. The SMILES string of the molecule is CCC(=O)N(Cc1ccccc1C)[C@@H](CC)C(=O)NC. The molecule has 0 saturated heterocycles. The molecule has 0 aliphatic carbocycles. The second-order valence-electron chi connectivity index (χ2n) is 4.84. The van der Waals surface area contributed by atoms with Gasteiger partial charge in [-0.1, -0.05) is 38.1 Å². The maximum atomic E-state index is 12.2. The van der Waals surface area contributed by atoms with Gasteiger partial charge in [-0.15, -0.1) is 0 Å². The molecule has 0 fully saturated rings. The summed E-state index contributed by atoms with van der Waals surface area (Å²) in [5.74, 6) is -0.105. The molecule has 0 bridgehead atoms. The van der Waals surface area contributed by atoms with Crippen molar-refractivity contribution in [2.24, 2.45) is 0 Å². The molecule has 0 unspecified atom stereocenters. The van der Waals surface area contributed by atoms with Gasteiger partial charge in [0.2, 0.25) is 11.8 Å². The Morgan fingerprint density at radius 2 is 1.90 bits per heavy atom. The lowest BCUT2D eigenvalue weighted by Gasteiger charge is -2.30. The maximum Gasteiger partial charge on any atom is 0.242 e. The van der Waals surface area contributed by atoms with E-state index < -0.39 is 6.04 Å². The number of nitrogens with one attached hydrogen (secondary N) is 1. The summed E-state index contributed by atoms with van der Waals surface area (Å²) in [6.07, 6.45) is 1.01. The van der Waals surface area contributed by atoms with Crippen LogP contribution in [0.1, 0.15) is 37.8 Å². The molecule has 0 heterocycles. The third kappa shape index (κ3) is 3.83. The van der Waals surface area contributed by atoms with E-state index in [0.717, 1.165) is 11.1 Å². The highest BCUT2D eigenvalue weighted by atomic mass is 16.2. The number of amides is 2. The lowest BCUT2D eigenvalue weighted by Crippen LogP contribution is -2.48. The van der Waals surface area contributed by atoms with Crippen molar-refractivity contribution in [1.82, 2.24) is 10.2 Å². The first kappa shape index (κ1) is 16.2. The largest absolute Gasteiger partial charge is 0.357 e. The molecule has 110 valence electrons. The Kier molecular flexibility index (Phi) is 6.22. The fourth-order valence-electron chi connectivity index (χ4n) is 2.26. The lowest BCUT2D eigenvalue weighted by atomic mass is 10.1. The molecular formula is C16H24N2O2. The minimum atomic E-state index is -0.410. The molecule has 0 saturated carbocycles. The molecule has 0 radical (unpaired) electrons. The van der Waals surface area contributed by atoms with Crippen LogP contribution in [-0.2, 0) is 16.1 Å². The molecule has 20 heavy (non-hydrogen) atoms. The summed E-state index contributed by atoms with van der Waals surface area (Å²) >= 11 is 0. The molecule has 0 spiro atoms. The highest BCUT2D eigenvalue weighted by molar-refractivity contribution is 5.87. The summed E-state index contributed by atoms with van der Waals surface area (Å²) in [7, 11) is 1.60. The Morgan fingerprint density at radius 3 is 2.40 bits per heavy atom. The van der Waals surface area contributed by atoms with Crippen molar-refractivity contribution in [3.8, 4) is 0 Å². The monoisotopic (exact) mass is 276 g/mol. The zero-order valence-electron chi connectivity index (χ0n) is 12.8. The van der Waals surface area contributed by atoms with E-state index in [1.807, 2.05) is 45.0 Å². The van der Waals surface area contributed by atoms with Crippen LogP contribution >= 0.6 is 0 Å². The summed E-state index contributed by atoms with van der Waals surface area (Å²) in [6.45, 7) is 6.24. The fraction of sp³-hybridized carbons (Fsp3) is 0.500. The Balaban J connectivity index is 3.03. The van der Waals surface area contributed by atoms with E-state index >= 15 is 0 Å². The van der Waals surface area contributed by atoms with E-state index in [1.165, 1.54) is 0 Å². The molecule has 1 rings (SSSR count). The van der Waals surface area contributed by atoms with Crippen LogP contribution in [0, 0.1) is 6.92 Å². The molecule has 1 aromatic rings. The number of likely N-dealkylation sites (N-methyl/N-ethyl adjacent to an activating group) is 1. The fourth-order valence-corrected chi connectivity index (χ4v) is 2.26. The molecule has 4 heteroatoms. The Hall–Kier alpha value is -1.84. The average molecular weight is 276 g/mol. The van der Waals surface area contributed by atoms with Gasteiger partial charge in [-0.2, -0.15) is 0 Å². The van der Waals surface area contributed by atoms with E-state index in [0.29, 0.717) is 19.4 Å². The quantitative estimate of drug-likeness (QED) is 0.866. The molecular weight excluding hydrogens is 252 g/mol. The first-order valence-electron chi connectivity index (χ1n) is 7.10. The number of carbonyl (C=O) groups is 2. The number of carbonyl (C=O) groups excluding carboxylic acids is 2. The van der Waals surface area contributed by atoms with Gasteiger partial charge in [0.05, 0.1) is 0 Å². The molecule has 0 aliphatic rings. The van der Waals surface area contributed by atoms with Crippen molar-refractivity contribution in [1.29, 1.82) is 0 Å². The minimum absolute atomic E-state index is 0.00343. The predicted octanol–water partition coefficient (Wildman–Crippen LogP) is 2.26. The summed E-state index contributed by atoms with van der Waals surface area (Å²) in [5, 5.41) is 2.64. The maximum absolute atomic E-state index is 12.2. The van der Waals surface area contributed by atoms with Crippen molar-refractivity contribution >= 4 is 11.8 Å². The smallest absolute Gasteiger partial charge is 0.242 e. The van der Waals surface area contributed by atoms with Gasteiger partial charge in [0.25, 0.3) is 0 Å². The first-order valence-corrected chi connectivity index (χ1v) is 7.10. The zero-order valence-corrected chi connectivity index (χ0v) is 12.8. The lowest BCUT2D eigenvalue weighted by molar-refractivity contribution is -0.141. The van der Waals surface area contributed by atoms with Crippen molar-refractivity contribution < 1.29 is 9.59 Å². The van der Waals surface area contributed by atoms with Gasteiger partial charge >= 0.3 is 0 Å². The van der Waals surface area contributed by atoms with Gasteiger partial charge in [0.1, 0.15) is 6.04 Å². The molecule has 1 aromatic carbocycles. The average Bonchev–Trinajstić information content (AvgIpc) is 2.47. The van der Waals surface area contributed by atoms with E-state index in [1.54, 1.807) is 11.9 Å². The predicted molar refractivity (Wildman–Crippen MR) is 80.2 cm³/mol. The molecule has 1 N–H and O–H groups in total. The number of rotatable bonds is 6. The van der Waals surface area contributed by atoms with Gasteiger partial charge in [0, 0.05) is 20.0 Å². The van der Waals surface area contributed by atoms with Crippen molar-refractivity contribution in [3.05, 3.63) is 35.4 Å². The van der Waals surface area contributed by atoms with Crippen LogP contribution in [0.2, 0.25) is 0 Å². The van der Waals surface area contributed by atoms with E-state index in [2.05, 4.69) is 5.32 Å². The Labute approximate surface area is 121 Å². The van der Waals surface area contributed by atoms with Crippen molar-refractivity contribution in [2.75, 3.05) is 7.05 Å². The van der Waals surface area contributed by atoms with Crippen LogP contribution in [0.25, 0.3) is 0 Å². The van der Waals surface area contributed by atoms with Crippen LogP contribution in [0.15, 0.2) is 24.3 Å². The number of nitrogens with zero attached hydrogens (tertiary/aromatic N) is 1. The molecule has 0 aromatic heterocycles. The number of hydrogen-bond acceptors (Lipinski definition) is 2. The van der Waals surface area contributed by atoms with E-state index in [9.17, 15) is 9.59 Å². The van der Waals surface area contributed by atoms with Gasteiger partial charge in [-0.25, -0.2) is 0 Å². The third-order valence-electron chi connectivity index (χ3n) is 3.54. The minimum Gasteiger partial charge on any atom is -0.357 e.